The van der Waals surface area contributed by atoms with Gasteiger partial charge in [0.2, 0.25) is 0 Å². The van der Waals surface area contributed by atoms with Gasteiger partial charge in [-0.1, -0.05) is 23.2 Å². The van der Waals surface area contributed by atoms with Crippen molar-refractivity contribution >= 4 is 45.5 Å². The molecule has 142 valence electrons. The van der Waals surface area contributed by atoms with Crippen LogP contribution in [0.15, 0.2) is 51.0 Å². The van der Waals surface area contributed by atoms with Gasteiger partial charge in [0, 0.05) is 27.4 Å². The summed E-state index contributed by atoms with van der Waals surface area (Å²) in [6, 6.07) is 10.4. The maximum Gasteiger partial charge on any atom is 0.346 e. The number of rotatable bonds is 4. The average molecular weight is 434 g/mol. The molecule has 2 heterocycles. The van der Waals surface area contributed by atoms with Crippen LogP contribution in [0.1, 0.15) is 0 Å². The number of halogens is 2. The Balaban J connectivity index is 1.82. The van der Waals surface area contributed by atoms with Crippen LogP contribution in [-0.2, 0) is 0 Å². The molecule has 0 bridgehead atoms. The maximum absolute atomic E-state index is 12.5. The molecule has 0 saturated carbocycles. The molecule has 0 amide bonds. The molecule has 0 atom stereocenters. The van der Waals surface area contributed by atoms with Gasteiger partial charge in [0.25, 0.3) is 0 Å². The lowest BCUT2D eigenvalue weighted by molar-refractivity contribution is 0.395. The van der Waals surface area contributed by atoms with Gasteiger partial charge >= 0.3 is 5.63 Å². The van der Waals surface area contributed by atoms with Crippen LogP contribution >= 0.6 is 34.5 Å². The van der Waals surface area contributed by atoms with Crippen LogP contribution in [0.4, 0.5) is 0 Å². The Bertz CT molecular complexity index is 1250. The highest BCUT2D eigenvalue weighted by atomic mass is 35.5. The minimum absolute atomic E-state index is 0.286. The fourth-order valence-electron chi connectivity index (χ4n) is 2.84. The lowest BCUT2D eigenvalue weighted by Gasteiger charge is -2.08. The monoisotopic (exact) mass is 433 g/mol. The second kappa shape index (κ2) is 7.47. The third-order valence-electron chi connectivity index (χ3n) is 4.17. The molecular formula is C20H13Cl2NO4S. The van der Waals surface area contributed by atoms with E-state index in [1.54, 1.807) is 32.4 Å². The van der Waals surface area contributed by atoms with Crippen LogP contribution in [0.5, 0.6) is 11.5 Å². The van der Waals surface area contributed by atoms with Crippen molar-refractivity contribution in [2.75, 3.05) is 14.2 Å². The summed E-state index contributed by atoms with van der Waals surface area (Å²) in [5.41, 5.74) is 1.60. The predicted molar refractivity (Wildman–Crippen MR) is 112 cm³/mol. The van der Waals surface area contributed by atoms with E-state index >= 15 is 0 Å². The number of thiazole rings is 1. The van der Waals surface area contributed by atoms with Crippen molar-refractivity contribution in [1.29, 1.82) is 0 Å². The van der Waals surface area contributed by atoms with E-state index in [0.717, 1.165) is 5.56 Å². The molecule has 0 spiro atoms. The molecule has 2 aromatic heterocycles. The largest absolute Gasteiger partial charge is 0.497 e. The van der Waals surface area contributed by atoms with E-state index in [0.29, 0.717) is 43.8 Å². The van der Waals surface area contributed by atoms with Crippen LogP contribution in [0.25, 0.3) is 32.8 Å². The maximum atomic E-state index is 12.5. The molecule has 0 N–H and O–H groups in total. The van der Waals surface area contributed by atoms with Crippen molar-refractivity contribution in [3.05, 3.63) is 62.2 Å². The molecule has 5 nitrogen and oxygen atoms in total. The van der Waals surface area contributed by atoms with Crippen LogP contribution in [0.3, 0.4) is 0 Å². The van der Waals surface area contributed by atoms with E-state index < -0.39 is 5.63 Å². The standard InChI is InChI=1S/C20H13Cl2NO4S/c1-25-12-3-4-13(17(8-12)26-2)16-9-28-19(23-16)14-6-10-5-11(21)7-15(22)18(10)27-20(14)24/h3-9H,1-2H3. The van der Waals surface area contributed by atoms with Crippen LogP contribution in [0, 0.1) is 0 Å². The average Bonchev–Trinajstić information content (AvgIpc) is 3.17. The summed E-state index contributed by atoms with van der Waals surface area (Å²) < 4.78 is 16.1. The lowest BCUT2D eigenvalue weighted by atomic mass is 10.1. The summed E-state index contributed by atoms with van der Waals surface area (Å²) in [6.45, 7) is 0. The third-order valence-corrected chi connectivity index (χ3v) is 5.55. The lowest BCUT2D eigenvalue weighted by Crippen LogP contribution is -2.02. The number of ether oxygens (including phenoxy) is 2. The Hall–Kier alpha value is -2.54. The number of hydrogen-bond acceptors (Lipinski definition) is 6. The molecule has 0 radical (unpaired) electrons. The number of benzene rings is 2. The SMILES string of the molecule is COc1ccc(-c2csc(-c3cc4cc(Cl)cc(Cl)c4oc3=O)n2)c(OC)c1. The molecule has 0 unspecified atom stereocenters. The minimum atomic E-state index is -0.515. The van der Waals surface area contributed by atoms with E-state index in [1.807, 2.05) is 17.5 Å². The first-order valence-electron chi connectivity index (χ1n) is 8.11. The molecule has 28 heavy (non-hydrogen) atoms. The molecule has 4 aromatic rings. The summed E-state index contributed by atoms with van der Waals surface area (Å²) in [7, 11) is 3.17. The second-order valence-electron chi connectivity index (χ2n) is 5.86. The predicted octanol–water partition coefficient (Wildman–Crippen LogP) is 5.91. The first kappa shape index (κ1) is 18.8. The highest BCUT2D eigenvalue weighted by Crippen LogP contribution is 2.36. The molecule has 0 saturated heterocycles. The summed E-state index contributed by atoms with van der Waals surface area (Å²) in [4.78, 5) is 17.1. The number of nitrogens with zero attached hydrogens (tertiary/aromatic N) is 1. The van der Waals surface area contributed by atoms with E-state index in [-0.39, 0.29) is 5.02 Å². The van der Waals surface area contributed by atoms with Gasteiger partial charge in [0.1, 0.15) is 16.5 Å². The zero-order chi connectivity index (χ0) is 19.8. The Morgan fingerprint density at radius 1 is 1.04 bits per heavy atom. The normalized spacial score (nSPS) is 11.0. The Kier molecular flexibility index (Phi) is 5.02. The van der Waals surface area contributed by atoms with Gasteiger partial charge in [-0.25, -0.2) is 9.78 Å². The smallest absolute Gasteiger partial charge is 0.346 e. The first-order chi connectivity index (χ1) is 13.5. The molecule has 8 heteroatoms. The Morgan fingerprint density at radius 2 is 1.86 bits per heavy atom. The van der Waals surface area contributed by atoms with E-state index in [4.69, 9.17) is 37.1 Å². The molecule has 0 aliphatic rings. The summed E-state index contributed by atoms with van der Waals surface area (Å²) in [5, 5.41) is 3.76. The summed E-state index contributed by atoms with van der Waals surface area (Å²) >= 11 is 13.5. The molecule has 2 aromatic carbocycles. The fraction of sp³-hybridized carbons (Fsp3) is 0.100. The summed E-state index contributed by atoms with van der Waals surface area (Å²) in [6.07, 6.45) is 0. The van der Waals surface area contributed by atoms with Crippen molar-refractivity contribution in [2.45, 2.75) is 0 Å². The van der Waals surface area contributed by atoms with E-state index in [2.05, 4.69) is 4.98 Å². The molecular weight excluding hydrogens is 421 g/mol. The topological polar surface area (TPSA) is 61.6 Å². The van der Waals surface area contributed by atoms with Gasteiger partial charge < -0.3 is 13.9 Å². The van der Waals surface area contributed by atoms with Crippen LogP contribution in [-0.4, -0.2) is 19.2 Å². The van der Waals surface area contributed by atoms with Crippen molar-refractivity contribution < 1.29 is 13.9 Å². The number of aromatic nitrogens is 1. The van der Waals surface area contributed by atoms with Crippen molar-refractivity contribution in [1.82, 2.24) is 4.98 Å². The van der Waals surface area contributed by atoms with Crippen molar-refractivity contribution in [3.8, 4) is 33.3 Å². The molecule has 0 aliphatic heterocycles. The highest BCUT2D eigenvalue weighted by molar-refractivity contribution is 7.13. The zero-order valence-electron chi connectivity index (χ0n) is 14.8. The molecule has 0 fully saturated rings. The van der Waals surface area contributed by atoms with Gasteiger partial charge in [-0.15, -0.1) is 11.3 Å². The molecule has 4 rings (SSSR count). The van der Waals surface area contributed by atoms with Gasteiger partial charge in [-0.05, 0) is 30.3 Å². The fourth-order valence-corrected chi connectivity index (χ4v) is 4.21. The Morgan fingerprint density at radius 3 is 2.61 bits per heavy atom. The highest BCUT2D eigenvalue weighted by Gasteiger charge is 2.16. The number of fused-ring (bicyclic) bond motifs is 1. The third kappa shape index (κ3) is 3.35. The first-order valence-corrected chi connectivity index (χ1v) is 9.75. The van der Waals surface area contributed by atoms with Gasteiger partial charge in [0.15, 0.2) is 5.58 Å². The molecule has 0 aliphatic carbocycles. The second-order valence-corrected chi connectivity index (χ2v) is 7.56. The Labute approximate surface area is 174 Å². The summed E-state index contributed by atoms with van der Waals surface area (Å²) in [5.74, 6) is 1.31. The van der Waals surface area contributed by atoms with Crippen molar-refractivity contribution in [2.24, 2.45) is 0 Å². The minimum Gasteiger partial charge on any atom is -0.497 e. The van der Waals surface area contributed by atoms with Crippen LogP contribution in [0.2, 0.25) is 10.0 Å². The number of methoxy groups -OCH3 is 2. The van der Waals surface area contributed by atoms with Crippen molar-refractivity contribution in [3.63, 3.8) is 0 Å². The van der Waals surface area contributed by atoms with Gasteiger partial charge in [-0.2, -0.15) is 0 Å². The quantitative estimate of drug-likeness (QED) is 0.374. The van der Waals surface area contributed by atoms with E-state index in [9.17, 15) is 4.79 Å². The van der Waals surface area contributed by atoms with Gasteiger partial charge in [-0.3, -0.25) is 0 Å². The zero-order valence-corrected chi connectivity index (χ0v) is 17.1. The number of hydrogen-bond donors (Lipinski definition) is 0. The van der Waals surface area contributed by atoms with E-state index in [1.165, 1.54) is 17.4 Å². The van der Waals surface area contributed by atoms with Gasteiger partial charge in [0.05, 0.1) is 30.5 Å². The van der Waals surface area contributed by atoms with Crippen LogP contribution < -0.4 is 15.1 Å².